The van der Waals surface area contributed by atoms with Crippen molar-refractivity contribution in [2.75, 3.05) is 0 Å². The van der Waals surface area contributed by atoms with Crippen LogP contribution in [0.4, 0.5) is 11.4 Å². The van der Waals surface area contributed by atoms with Crippen LogP contribution in [0.5, 0.6) is 0 Å². The topological polar surface area (TPSA) is 165 Å². The van der Waals surface area contributed by atoms with Gasteiger partial charge in [0, 0.05) is 133 Å². The Hall–Kier alpha value is -17.6. The molecule has 0 spiro atoms. The first kappa shape index (κ1) is 70.6. The van der Waals surface area contributed by atoms with Crippen molar-refractivity contribution in [3.8, 4) is 81.0 Å². The zero-order chi connectivity index (χ0) is 82.9. The lowest BCUT2D eigenvalue weighted by atomic mass is 9.92. The van der Waals surface area contributed by atoms with Crippen LogP contribution in [0.3, 0.4) is 0 Å². The van der Waals surface area contributed by atoms with Crippen LogP contribution in [0, 0.1) is 69.8 Å². The number of benzene rings is 17. The smallest absolute Gasteiger partial charge is 0.218 e. The van der Waals surface area contributed by atoms with Crippen molar-refractivity contribution in [2.24, 2.45) is 0 Å². The highest BCUT2D eigenvalue weighted by Gasteiger charge is 2.31. The lowest BCUT2D eigenvalue weighted by molar-refractivity contribution is 0.669. The molecule has 0 aliphatic heterocycles. The van der Waals surface area contributed by atoms with Gasteiger partial charge in [-0.3, -0.25) is 4.85 Å². The summed E-state index contributed by atoms with van der Waals surface area (Å²) in [6.07, 6.45) is 0. The Morgan fingerprint density at radius 1 is 0.274 bits per heavy atom. The predicted molar refractivity (Wildman–Crippen MR) is 505 cm³/mol. The molecule has 0 unspecified atom stereocenters. The minimum absolute atomic E-state index is 0.183. The van der Waals surface area contributed by atoms with Gasteiger partial charge in [0.1, 0.15) is 35.4 Å². The molecule has 8 aromatic heterocycles. The van der Waals surface area contributed by atoms with E-state index in [1.54, 1.807) is 28.7 Å². The summed E-state index contributed by atoms with van der Waals surface area (Å²) in [7, 11) is 0. The average molecular weight is 1610 g/mol. The van der Waals surface area contributed by atoms with Gasteiger partial charge in [-0.1, -0.05) is 206 Å². The molecule has 0 amide bonds. The maximum atomic E-state index is 11.2. The van der Waals surface area contributed by atoms with Gasteiger partial charge < -0.3 is 27.3 Å². The van der Waals surface area contributed by atoms with Crippen LogP contribution >= 0.6 is 22.7 Å². The molecular weight excluding hydrogens is 1560 g/mol. The molecule has 13 nitrogen and oxygen atoms in total. The Labute approximate surface area is 713 Å². The van der Waals surface area contributed by atoms with E-state index in [4.69, 9.17) is 17.6 Å². The first-order valence-electron chi connectivity index (χ1n) is 40.2. The molecule has 0 saturated carbocycles. The lowest BCUT2D eigenvalue weighted by Gasteiger charge is -2.19. The Morgan fingerprint density at radius 3 is 1.27 bits per heavy atom. The summed E-state index contributed by atoms with van der Waals surface area (Å²) in [5.41, 5.74) is 18.7. The molecule has 17 aromatic carbocycles. The Bertz CT molecular complexity index is 9450. The molecular formula is C109H54N12OS2. The van der Waals surface area contributed by atoms with E-state index in [0.717, 1.165) is 152 Å². The molecule has 568 valence electrons. The number of furan rings is 1. The third-order valence-corrected chi connectivity index (χ3v) is 27.3. The molecule has 25 rings (SSSR count). The fourth-order valence-corrected chi connectivity index (χ4v) is 22.3. The van der Waals surface area contributed by atoms with Gasteiger partial charge in [-0.05, 0) is 127 Å². The molecule has 0 atom stereocenters. The fourth-order valence-electron chi connectivity index (χ4n) is 19.8. The molecule has 8 heterocycles. The summed E-state index contributed by atoms with van der Waals surface area (Å²) in [6, 6.07) is 123. The van der Waals surface area contributed by atoms with E-state index in [0.29, 0.717) is 44.9 Å². The van der Waals surface area contributed by atoms with Crippen molar-refractivity contribution >= 4 is 205 Å². The maximum absolute atomic E-state index is 11.2. The summed E-state index contributed by atoms with van der Waals surface area (Å²) in [4.78, 5) is 7.83. The normalized spacial score (nSPS) is 11.7. The summed E-state index contributed by atoms with van der Waals surface area (Å²) in [5, 5.41) is 72.4. The number of para-hydroxylation sites is 7. The van der Waals surface area contributed by atoms with E-state index in [1.165, 1.54) is 30.3 Å². The van der Waals surface area contributed by atoms with Crippen LogP contribution in [0.25, 0.3) is 232 Å². The second-order valence-corrected chi connectivity index (χ2v) is 33.0. The molecule has 124 heavy (non-hydrogen) atoms. The van der Waals surface area contributed by atoms with Gasteiger partial charge >= 0.3 is 0 Å². The van der Waals surface area contributed by atoms with Gasteiger partial charge in [0.2, 0.25) is 5.69 Å². The second kappa shape index (κ2) is 27.2. The maximum Gasteiger partial charge on any atom is 0.218 e. The largest absolute Gasteiger partial charge is 0.456 e. The SMILES string of the molecule is N#Cc1ccc(-n2c3ccccc3c3ccc4c(c5ccccc5n4-c4ccccc4)c32)c(-c2ccc(-n3c4ccccc4c4c5c(ccc43)oc3ccccc35)c(C#N)c2C#N)c1.[C-]#[N+]c1ccc(-c2ccc(-n3c4ccccc4c4c5sc6ccccc6c5ccc43)c(C#N)c2C#N)c(-n2c3ccccc3c3c4sc5ccccc5c4ccc32)c1[N+]#[C-]. The van der Waals surface area contributed by atoms with Crippen LogP contribution in [0.2, 0.25) is 0 Å². The standard InChI is InChI=1S/C57H30N6O.C52H24N6S2/c58-31-34-22-25-48(63-45-18-8-4-14-37(45)38-24-27-51-55(57(38)63)40-16-6-9-19-46(40)61(51)35-12-2-1-3-13-35)42(30-34)36-23-26-49(44(33-60)43(36)32-59)62-47-20-10-5-15-39(47)54-50(62)28-29-53-56(54)41-17-7-11-21-52(41)64-53;1-55-39-23-19-32(50(49(39)56-2)58-41-16-8-4-14-36(41)48-44(58)26-22-34-31-12-6-10-18-46(31)60-52(34)48)29-20-24-42(38(28-54)37(29)27-53)57-40-15-7-3-13-35(40)47-43(57)25-21-33-30-11-5-9-17-45(30)59-51(33)47/h1-30H;3-26H. The number of hydrogen-bond donors (Lipinski definition) is 0. The summed E-state index contributed by atoms with van der Waals surface area (Å²) in [6.45, 7) is 16.6. The van der Waals surface area contributed by atoms with Crippen molar-refractivity contribution < 1.29 is 4.42 Å². The van der Waals surface area contributed by atoms with Gasteiger partial charge in [0.05, 0.1) is 119 Å². The van der Waals surface area contributed by atoms with E-state index in [2.05, 4.69) is 251 Å². The monoisotopic (exact) mass is 1610 g/mol. The average Bonchev–Trinajstić information content (AvgIpc) is 1.54. The van der Waals surface area contributed by atoms with E-state index in [9.17, 15) is 26.3 Å². The highest BCUT2D eigenvalue weighted by molar-refractivity contribution is 7.27. The first-order valence-corrected chi connectivity index (χ1v) is 41.9. The lowest BCUT2D eigenvalue weighted by Crippen LogP contribution is -2.04. The molecule has 15 heteroatoms. The highest BCUT2D eigenvalue weighted by atomic mass is 32.1. The van der Waals surface area contributed by atoms with Crippen molar-refractivity contribution in [3.05, 3.63) is 378 Å². The molecule has 0 saturated heterocycles. The van der Waals surface area contributed by atoms with Crippen LogP contribution in [-0.4, -0.2) is 22.8 Å². The fraction of sp³-hybridized carbons (Fsp3) is 0. The number of nitrogens with zero attached hydrogens (tertiary/aromatic N) is 12. The minimum atomic E-state index is 0.183. The Morgan fingerprint density at radius 2 is 0.710 bits per heavy atom. The summed E-state index contributed by atoms with van der Waals surface area (Å²) in [5.74, 6) is 0. The number of rotatable bonds is 7. The van der Waals surface area contributed by atoms with E-state index in [1.807, 2.05) is 133 Å². The Balaban J connectivity index is 0.000000140. The summed E-state index contributed by atoms with van der Waals surface area (Å²) < 4.78 is 21.9. The molecule has 0 aliphatic rings. The third-order valence-electron chi connectivity index (χ3n) is 24.8. The third kappa shape index (κ3) is 9.87. The van der Waals surface area contributed by atoms with E-state index < -0.39 is 0 Å². The minimum Gasteiger partial charge on any atom is -0.456 e. The molecule has 0 bridgehead atoms. The van der Waals surface area contributed by atoms with Crippen LogP contribution < -0.4 is 0 Å². The number of fused-ring (bicyclic) bond motifs is 28. The quantitative estimate of drug-likeness (QED) is 0.144. The number of nitriles is 5. The highest BCUT2D eigenvalue weighted by Crippen LogP contribution is 2.53. The van der Waals surface area contributed by atoms with Gasteiger partial charge in [0.25, 0.3) is 0 Å². The molecule has 0 fully saturated rings. The van der Waals surface area contributed by atoms with Gasteiger partial charge in [0.15, 0.2) is 5.69 Å². The zero-order valence-electron chi connectivity index (χ0n) is 65.3. The van der Waals surface area contributed by atoms with Crippen LogP contribution in [0.1, 0.15) is 27.8 Å². The van der Waals surface area contributed by atoms with Crippen molar-refractivity contribution in [1.29, 1.82) is 26.3 Å². The molecule has 25 aromatic rings. The van der Waals surface area contributed by atoms with Crippen molar-refractivity contribution in [3.63, 3.8) is 0 Å². The Kier molecular flexibility index (Phi) is 15.5. The van der Waals surface area contributed by atoms with E-state index >= 15 is 0 Å². The van der Waals surface area contributed by atoms with Crippen LogP contribution in [-0.2, 0) is 0 Å². The number of aromatic nitrogens is 5. The molecule has 0 N–H and O–H groups in total. The van der Waals surface area contributed by atoms with Gasteiger partial charge in [-0.2, -0.15) is 26.3 Å². The van der Waals surface area contributed by atoms with Gasteiger partial charge in [-0.15, -0.1) is 22.7 Å². The van der Waals surface area contributed by atoms with Gasteiger partial charge in [-0.25, -0.2) is 4.85 Å². The predicted octanol–water partition coefficient (Wildman–Crippen LogP) is 29.3. The second-order valence-electron chi connectivity index (χ2n) is 30.9. The molecule has 0 radical (unpaired) electrons. The van der Waals surface area contributed by atoms with Crippen LogP contribution in [0.15, 0.2) is 332 Å². The van der Waals surface area contributed by atoms with Crippen molar-refractivity contribution in [2.45, 2.75) is 0 Å². The van der Waals surface area contributed by atoms with E-state index in [-0.39, 0.29) is 33.6 Å². The molecule has 0 aliphatic carbocycles. The first-order chi connectivity index (χ1) is 61.3. The zero-order valence-corrected chi connectivity index (χ0v) is 66.9. The van der Waals surface area contributed by atoms with Crippen molar-refractivity contribution in [1.82, 2.24) is 22.8 Å². The number of hydrogen-bond acceptors (Lipinski definition) is 8. The summed E-state index contributed by atoms with van der Waals surface area (Å²) >= 11 is 3.51. The number of thiophene rings is 2.